The zero-order valence-corrected chi connectivity index (χ0v) is 13.2. The van der Waals surface area contributed by atoms with Crippen molar-refractivity contribution in [2.24, 2.45) is 0 Å². The van der Waals surface area contributed by atoms with E-state index in [1.807, 2.05) is 13.8 Å². The number of thiophene rings is 1. The van der Waals surface area contributed by atoms with Crippen molar-refractivity contribution >= 4 is 37.3 Å². The fraction of sp³-hybridized carbons (Fsp3) is 0.600. The van der Waals surface area contributed by atoms with E-state index in [0.29, 0.717) is 8.66 Å². The topological polar surface area (TPSA) is 57.6 Å². The van der Waals surface area contributed by atoms with Crippen molar-refractivity contribution in [3.05, 3.63) is 14.7 Å². The van der Waals surface area contributed by atoms with Gasteiger partial charge in [0.15, 0.2) is 0 Å². The van der Waals surface area contributed by atoms with E-state index in [1.165, 1.54) is 21.7 Å². The van der Waals surface area contributed by atoms with Crippen LogP contribution in [0.1, 0.15) is 25.1 Å². The molecule has 1 atom stereocenters. The summed E-state index contributed by atoms with van der Waals surface area (Å²) in [6.07, 6.45) is 0.754. The minimum Gasteiger partial charge on any atom is -0.391 e. The van der Waals surface area contributed by atoms with Gasteiger partial charge in [0.1, 0.15) is 4.90 Å². The van der Waals surface area contributed by atoms with Gasteiger partial charge in [0, 0.05) is 18.0 Å². The smallest absolute Gasteiger partial charge is 0.245 e. The summed E-state index contributed by atoms with van der Waals surface area (Å²) in [5.41, 5.74) is 0. The molecule has 7 heteroatoms. The maximum absolute atomic E-state index is 12.3. The summed E-state index contributed by atoms with van der Waals surface area (Å²) in [6.45, 7) is 3.66. The van der Waals surface area contributed by atoms with Crippen LogP contribution in [0.2, 0.25) is 0 Å². The van der Waals surface area contributed by atoms with Gasteiger partial charge in [0.2, 0.25) is 10.0 Å². The van der Waals surface area contributed by atoms with Gasteiger partial charge < -0.3 is 5.11 Å². The minimum atomic E-state index is -3.48. The number of hydrogen-bond donors (Lipinski definition) is 1. The summed E-state index contributed by atoms with van der Waals surface area (Å²) in [7, 11) is -1.91. The third-order valence-electron chi connectivity index (χ3n) is 2.73. The van der Waals surface area contributed by atoms with Crippen LogP contribution in [0.3, 0.4) is 0 Å². The second kappa shape index (κ2) is 5.79. The van der Waals surface area contributed by atoms with Crippen LogP contribution in [0, 0.1) is 0 Å². The minimum absolute atomic E-state index is 0.0515. The van der Waals surface area contributed by atoms with E-state index in [-0.39, 0.29) is 17.5 Å². The zero-order valence-electron chi connectivity index (χ0n) is 9.97. The highest BCUT2D eigenvalue weighted by Crippen LogP contribution is 2.33. The van der Waals surface area contributed by atoms with Gasteiger partial charge in [-0.2, -0.15) is 4.31 Å². The number of halogens is 1. The van der Waals surface area contributed by atoms with Gasteiger partial charge in [0.05, 0.1) is 10.4 Å². The van der Waals surface area contributed by atoms with Crippen LogP contribution in [0.4, 0.5) is 0 Å². The van der Waals surface area contributed by atoms with Gasteiger partial charge >= 0.3 is 0 Å². The van der Waals surface area contributed by atoms with Gasteiger partial charge in [-0.25, -0.2) is 8.42 Å². The second-order valence-corrected chi connectivity index (χ2v) is 8.21. The summed E-state index contributed by atoms with van der Waals surface area (Å²) in [4.78, 5) is 0.863. The molecule has 0 fully saturated rings. The molecular weight excluding hydrogens is 326 g/mol. The van der Waals surface area contributed by atoms with E-state index in [2.05, 4.69) is 15.9 Å². The van der Waals surface area contributed by atoms with Gasteiger partial charge in [-0.05, 0) is 35.3 Å². The summed E-state index contributed by atoms with van der Waals surface area (Å²) in [6, 6.07) is 1.47. The van der Waals surface area contributed by atoms with Crippen molar-refractivity contribution in [2.45, 2.75) is 37.8 Å². The van der Waals surface area contributed by atoms with Gasteiger partial charge in [-0.3, -0.25) is 0 Å². The lowest BCUT2D eigenvalue weighted by Gasteiger charge is -2.22. The average Bonchev–Trinajstić information content (AvgIpc) is 2.69. The van der Waals surface area contributed by atoms with E-state index in [4.69, 9.17) is 5.11 Å². The quantitative estimate of drug-likeness (QED) is 0.894. The number of nitrogens with zero attached hydrogens (tertiary/aromatic N) is 1. The molecule has 0 bridgehead atoms. The van der Waals surface area contributed by atoms with Crippen molar-refractivity contribution in [1.29, 1.82) is 0 Å². The van der Waals surface area contributed by atoms with Crippen molar-refractivity contribution in [2.75, 3.05) is 7.05 Å². The Hall–Kier alpha value is 0.0500. The Kier molecular flexibility index (Phi) is 5.15. The number of aliphatic hydroxyl groups excluding tert-OH is 1. The predicted octanol–water partition coefficient (Wildman–Crippen LogP) is 2.42. The molecule has 0 aliphatic carbocycles. The Morgan fingerprint density at radius 1 is 1.59 bits per heavy atom. The summed E-state index contributed by atoms with van der Waals surface area (Å²) >= 11 is 4.47. The first-order valence-corrected chi connectivity index (χ1v) is 8.26. The molecule has 4 nitrogen and oxygen atoms in total. The number of sulfonamides is 1. The molecular formula is C10H16BrNO3S2. The van der Waals surface area contributed by atoms with Crippen molar-refractivity contribution in [3.63, 3.8) is 0 Å². The Labute approximate surface area is 114 Å². The van der Waals surface area contributed by atoms with E-state index < -0.39 is 10.0 Å². The Morgan fingerprint density at radius 3 is 2.59 bits per heavy atom. The van der Waals surface area contributed by atoms with Gasteiger partial charge in [-0.1, -0.05) is 6.92 Å². The van der Waals surface area contributed by atoms with Crippen LogP contribution in [-0.2, 0) is 16.6 Å². The molecule has 0 spiro atoms. The molecule has 1 rings (SSSR count). The normalized spacial score (nSPS) is 14.2. The fourth-order valence-corrected chi connectivity index (χ4v) is 5.23. The zero-order chi connectivity index (χ0) is 13.2. The van der Waals surface area contributed by atoms with E-state index in [9.17, 15) is 8.42 Å². The highest BCUT2D eigenvalue weighted by Gasteiger charge is 2.28. The Morgan fingerprint density at radius 2 is 2.18 bits per heavy atom. The third kappa shape index (κ3) is 3.08. The molecule has 1 aromatic heterocycles. The van der Waals surface area contributed by atoms with Gasteiger partial charge in [-0.15, -0.1) is 11.3 Å². The van der Waals surface area contributed by atoms with Crippen molar-refractivity contribution in [3.8, 4) is 0 Å². The van der Waals surface area contributed by atoms with Gasteiger partial charge in [0.25, 0.3) is 0 Å². The van der Waals surface area contributed by atoms with Crippen LogP contribution in [-0.4, -0.2) is 30.9 Å². The highest BCUT2D eigenvalue weighted by atomic mass is 79.9. The lowest BCUT2D eigenvalue weighted by Crippen LogP contribution is -2.34. The molecule has 17 heavy (non-hydrogen) atoms. The fourth-order valence-electron chi connectivity index (χ4n) is 1.30. The number of hydrogen-bond acceptors (Lipinski definition) is 4. The van der Waals surface area contributed by atoms with Crippen LogP contribution < -0.4 is 0 Å². The Balaban J connectivity index is 3.17. The first-order chi connectivity index (χ1) is 7.84. The molecule has 1 N–H and O–H groups in total. The molecule has 0 aromatic carbocycles. The summed E-state index contributed by atoms with van der Waals surface area (Å²) in [5.74, 6) is 0. The van der Waals surface area contributed by atoms with E-state index >= 15 is 0 Å². The third-order valence-corrected chi connectivity index (χ3v) is 6.94. The molecule has 0 radical (unpaired) electrons. The molecule has 1 aromatic rings. The molecule has 1 unspecified atom stereocenters. The maximum Gasteiger partial charge on any atom is 0.245 e. The number of aliphatic hydroxyl groups is 1. The molecule has 0 saturated carbocycles. The molecule has 1 heterocycles. The molecule has 0 aliphatic rings. The lowest BCUT2D eigenvalue weighted by atomic mass is 10.3. The van der Waals surface area contributed by atoms with Crippen LogP contribution in [0.5, 0.6) is 0 Å². The highest BCUT2D eigenvalue weighted by molar-refractivity contribution is 9.11. The number of rotatable bonds is 5. The first-order valence-electron chi connectivity index (χ1n) is 5.21. The molecule has 98 valence electrons. The Bertz CT molecular complexity index is 484. The predicted molar refractivity (Wildman–Crippen MR) is 72.6 cm³/mol. The summed E-state index contributed by atoms with van der Waals surface area (Å²) < 4.78 is 26.5. The SMILES string of the molecule is CCC(C)N(C)S(=O)(=O)c1cc(CO)sc1Br. The van der Waals surface area contributed by atoms with Crippen LogP contribution in [0.15, 0.2) is 14.7 Å². The van der Waals surface area contributed by atoms with E-state index in [1.54, 1.807) is 7.05 Å². The molecule has 0 amide bonds. The second-order valence-electron chi connectivity index (χ2n) is 3.79. The molecule has 0 saturated heterocycles. The average molecular weight is 342 g/mol. The van der Waals surface area contributed by atoms with Crippen molar-refractivity contribution in [1.82, 2.24) is 4.31 Å². The largest absolute Gasteiger partial charge is 0.391 e. The molecule has 0 aliphatic heterocycles. The standard InChI is InChI=1S/C10H16BrNO3S2/c1-4-7(2)12(3)17(14,15)9-5-8(6-13)16-10(9)11/h5,7,13H,4,6H2,1-3H3. The van der Waals surface area contributed by atoms with Crippen LogP contribution >= 0.6 is 27.3 Å². The summed E-state index contributed by atoms with van der Waals surface area (Å²) in [5, 5.41) is 9.02. The van der Waals surface area contributed by atoms with Crippen molar-refractivity contribution < 1.29 is 13.5 Å². The van der Waals surface area contributed by atoms with E-state index in [0.717, 1.165) is 6.42 Å². The lowest BCUT2D eigenvalue weighted by molar-refractivity contribution is 0.285. The maximum atomic E-state index is 12.3. The van der Waals surface area contributed by atoms with Crippen LogP contribution in [0.25, 0.3) is 0 Å². The monoisotopic (exact) mass is 341 g/mol. The first kappa shape index (κ1) is 15.1.